The van der Waals surface area contributed by atoms with Crippen LogP contribution in [0.5, 0.6) is 0 Å². The highest BCUT2D eigenvalue weighted by atomic mass is 19.1. The second-order valence-electron chi connectivity index (χ2n) is 5.28. The van der Waals surface area contributed by atoms with E-state index < -0.39 is 35.4 Å². The van der Waals surface area contributed by atoms with Gasteiger partial charge in [0.15, 0.2) is 0 Å². The number of allylic oxidation sites excluding steroid dienone is 3. The van der Waals surface area contributed by atoms with Gasteiger partial charge < -0.3 is 10.1 Å². The number of nitrogens with one attached hydrogen (secondary N) is 1. The molecule has 0 heterocycles. The average Bonchev–Trinajstić information content (AvgIpc) is 2.54. The minimum Gasteiger partial charge on any atom is -0.465 e. The zero-order chi connectivity index (χ0) is 18.4. The summed E-state index contributed by atoms with van der Waals surface area (Å²) in [6.45, 7) is 4.67. The van der Waals surface area contributed by atoms with Gasteiger partial charge in [-0.3, -0.25) is 0 Å². The molecule has 0 fully saturated rings. The summed E-state index contributed by atoms with van der Waals surface area (Å²) < 4.78 is 46.5. The van der Waals surface area contributed by atoms with E-state index in [-0.39, 0.29) is 16.9 Å². The van der Waals surface area contributed by atoms with Gasteiger partial charge in [-0.2, -0.15) is 0 Å². The maximum Gasteiger partial charge on any atom is 0.339 e. The number of benzene rings is 1. The Hall–Kier alpha value is -2.37. The predicted molar refractivity (Wildman–Crippen MR) is 87.4 cm³/mol. The fourth-order valence-corrected chi connectivity index (χ4v) is 2.20. The highest BCUT2D eigenvalue weighted by molar-refractivity contribution is 6.19. The Morgan fingerprint density at radius 3 is 2.21 bits per heavy atom. The monoisotopic (exact) mass is 339 g/mol. The molecule has 0 aromatic heterocycles. The van der Waals surface area contributed by atoms with Gasteiger partial charge in [0.25, 0.3) is 0 Å². The van der Waals surface area contributed by atoms with Crippen molar-refractivity contribution in [2.75, 3.05) is 7.11 Å². The van der Waals surface area contributed by atoms with Gasteiger partial charge >= 0.3 is 5.97 Å². The Bertz CT molecular complexity index is 701. The summed E-state index contributed by atoms with van der Waals surface area (Å²) >= 11 is 0. The predicted octanol–water partition coefficient (Wildman–Crippen LogP) is 4.97. The summed E-state index contributed by atoms with van der Waals surface area (Å²) in [6.07, 6.45) is -0.0690. The largest absolute Gasteiger partial charge is 0.465 e. The molecule has 0 unspecified atom stereocenters. The first-order chi connectivity index (χ1) is 11.2. The van der Waals surface area contributed by atoms with Crippen molar-refractivity contribution >= 4 is 17.3 Å². The summed E-state index contributed by atoms with van der Waals surface area (Å²) in [5.41, 5.74) is -0.451. The molecular formula is C18H20F3NO2. The number of rotatable bonds is 6. The SMILES string of the molecule is CCC(C)=C(C(=N)CC(F)=C(C)c1c(F)cccc1F)C(=O)OC. The number of carbonyl (C=O) groups excluding carboxylic acids is 1. The topological polar surface area (TPSA) is 50.2 Å². The van der Waals surface area contributed by atoms with E-state index in [2.05, 4.69) is 4.74 Å². The first-order valence-corrected chi connectivity index (χ1v) is 7.40. The number of halogens is 3. The standard InChI is InChI=1S/C18H20F3NO2/c1-5-10(2)16(18(23)24-4)15(22)9-14(21)11(3)17-12(19)7-6-8-13(17)20/h6-8,22H,5,9H2,1-4H3. The second kappa shape index (κ2) is 8.47. The van der Waals surface area contributed by atoms with Crippen LogP contribution >= 0.6 is 0 Å². The van der Waals surface area contributed by atoms with Crippen LogP contribution in [0.15, 0.2) is 35.2 Å². The zero-order valence-corrected chi connectivity index (χ0v) is 14.1. The normalized spacial score (nSPS) is 13.1. The molecule has 0 amide bonds. The van der Waals surface area contributed by atoms with Gasteiger partial charge in [-0.1, -0.05) is 18.6 Å². The zero-order valence-electron chi connectivity index (χ0n) is 14.1. The number of ether oxygens (including phenoxy) is 1. The molecule has 0 spiro atoms. The molecule has 130 valence electrons. The third-order valence-corrected chi connectivity index (χ3v) is 3.73. The summed E-state index contributed by atoms with van der Waals surface area (Å²) in [4.78, 5) is 11.8. The van der Waals surface area contributed by atoms with Crippen molar-refractivity contribution in [2.24, 2.45) is 0 Å². The number of esters is 1. The van der Waals surface area contributed by atoms with E-state index in [1.165, 1.54) is 20.1 Å². The fourth-order valence-electron chi connectivity index (χ4n) is 2.20. The smallest absolute Gasteiger partial charge is 0.339 e. The lowest BCUT2D eigenvalue weighted by molar-refractivity contribution is -0.135. The van der Waals surface area contributed by atoms with Crippen molar-refractivity contribution < 1.29 is 22.7 Å². The van der Waals surface area contributed by atoms with E-state index in [9.17, 15) is 18.0 Å². The van der Waals surface area contributed by atoms with E-state index in [1.807, 2.05) is 0 Å². The van der Waals surface area contributed by atoms with E-state index in [0.29, 0.717) is 12.0 Å². The quantitative estimate of drug-likeness (QED) is 0.452. The number of methoxy groups -OCH3 is 1. The number of carbonyl (C=O) groups is 1. The third kappa shape index (κ3) is 4.34. The molecule has 1 rings (SSSR count). The summed E-state index contributed by atoms with van der Waals surface area (Å²) in [5, 5.41) is 7.99. The fraction of sp³-hybridized carbons (Fsp3) is 0.333. The lowest BCUT2D eigenvalue weighted by atomic mass is 9.97. The van der Waals surface area contributed by atoms with Crippen LogP contribution in [0, 0.1) is 17.0 Å². The average molecular weight is 339 g/mol. The molecule has 0 bridgehead atoms. The Labute approximate surface area is 139 Å². The van der Waals surface area contributed by atoms with Gasteiger partial charge in [-0.25, -0.2) is 18.0 Å². The van der Waals surface area contributed by atoms with Gasteiger partial charge in [0.05, 0.1) is 24.0 Å². The van der Waals surface area contributed by atoms with Gasteiger partial charge in [0.2, 0.25) is 0 Å². The maximum absolute atomic E-state index is 14.4. The number of hydrogen-bond acceptors (Lipinski definition) is 3. The van der Waals surface area contributed by atoms with Crippen LogP contribution in [-0.2, 0) is 9.53 Å². The minimum absolute atomic E-state index is 0.0167. The van der Waals surface area contributed by atoms with Crippen molar-refractivity contribution in [3.05, 3.63) is 52.4 Å². The van der Waals surface area contributed by atoms with Gasteiger partial charge in [-0.15, -0.1) is 0 Å². The van der Waals surface area contributed by atoms with E-state index in [0.717, 1.165) is 12.1 Å². The Morgan fingerprint density at radius 2 is 1.75 bits per heavy atom. The van der Waals surface area contributed by atoms with Crippen LogP contribution in [0.2, 0.25) is 0 Å². The lowest BCUT2D eigenvalue weighted by Gasteiger charge is -2.12. The van der Waals surface area contributed by atoms with E-state index >= 15 is 0 Å². The van der Waals surface area contributed by atoms with Gasteiger partial charge in [-0.05, 0) is 38.0 Å². The summed E-state index contributed by atoms with van der Waals surface area (Å²) in [7, 11) is 1.17. The van der Waals surface area contributed by atoms with Crippen molar-refractivity contribution in [2.45, 2.75) is 33.6 Å². The van der Waals surface area contributed by atoms with E-state index in [1.54, 1.807) is 13.8 Å². The molecule has 1 aromatic rings. The Morgan fingerprint density at radius 1 is 1.21 bits per heavy atom. The molecule has 3 nitrogen and oxygen atoms in total. The molecule has 0 saturated heterocycles. The van der Waals surface area contributed by atoms with Crippen molar-refractivity contribution in [3.63, 3.8) is 0 Å². The van der Waals surface area contributed by atoms with Crippen LogP contribution < -0.4 is 0 Å². The molecule has 0 aliphatic heterocycles. The third-order valence-electron chi connectivity index (χ3n) is 3.73. The molecule has 0 aliphatic rings. The lowest BCUT2D eigenvalue weighted by Crippen LogP contribution is -2.16. The molecule has 0 radical (unpaired) electrons. The highest BCUT2D eigenvalue weighted by Crippen LogP contribution is 2.27. The van der Waals surface area contributed by atoms with Crippen LogP contribution in [-0.4, -0.2) is 18.8 Å². The van der Waals surface area contributed by atoms with Crippen LogP contribution in [0.25, 0.3) is 5.57 Å². The van der Waals surface area contributed by atoms with Crippen LogP contribution in [0.4, 0.5) is 13.2 Å². The second-order valence-corrected chi connectivity index (χ2v) is 5.28. The maximum atomic E-state index is 14.4. The highest BCUT2D eigenvalue weighted by Gasteiger charge is 2.21. The summed E-state index contributed by atoms with van der Waals surface area (Å²) in [6, 6.07) is 3.24. The van der Waals surface area contributed by atoms with Crippen LogP contribution in [0.1, 0.15) is 39.2 Å². The number of hydrogen-bond donors (Lipinski definition) is 1. The Balaban J connectivity index is 3.23. The van der Waals surface area contributed by atoms with Crippen molar-refractivity contribution in [1.82, 2.24) is 0 Å². The molecule has 1 aromatic carbocycles. The van der Waals surface area contributed by atoms with E-state index in [4.69, 9.17) is 5.41 Å². The molecule has 24 heavy (non-hydrogen) atoms. The molecule has 0 aliphatic carbocycles. The molecule has 0 saturated carbocycles. The van der Waals surface area contributed by atoms with Gasteiger partial charge in [0, 0.05) is 6.42 Å². The first kappa shape index (κ1) is 19.7. The molecule has 0 atom stereocenters. The van der Waals surface area contributed by atoms with Crippen molar-refractivity contribution in [3.8, 4) is 0 Å². The Kier molecular flexibility index (Phi) is 6.95. The van der Waals surface area contributed by atoms with Crippen LogP contribution in [0.3, 0.4) is 0 Å². The summed E-state index contributed by atoms with van der Waals surface area (Å²) in [5.74, 6) is -3.39. The minimum atomic E-state index is -0.886. The first-order valence-electron chi connectivity index (χ1n) is 7.40. The molecular weight excluding hydrogens is 319 g/mol. The molecule has 6 heteroatoms. The molecule has 1 N–H and O–H groups in total. The van der Waals surface area contributed by atoms with Gasteiger partial charge in [0.1, 0.15) is 17.5 Å². The van der Waals surface area contributed by atoms with Crippen molar-refractivity contribution in [1.29, 1.82) is 5.41 Å².